The number of thioether (sulfide) groups is 1. The molecule has 2 aromatic rings. The highest BCUT2D eigenvalue weighted by Gasteiger charge is 2.06. The van der Waals surface area contributed by atoms with E-state index in [-0.39, 0.29) is 0 Å². The molecule has 4 heteroatoms. The van der Waals surface area contributed by atoms with Gasteiger partial charge in [-0.25, -0.2) is 4.98 Å². The Kier molecular flexibility index (Phi) is 8.33. The van der Waals surface area contributed by atoms with Gasteiger partial charge in [0.1, 0.15) is 0 Å². The molecular weight excluding hydrogens is 324 g/mol. The first-order valence-corrected chi connectivity index (χ1v) is 9.71. The monoisotopic (exact) mass is 348 g/mol. The predicted molar refractivity (Wildman–Crippen MR) is 103 cm³/mol. The molecule has 0 N–H and O–H groups in total. The smallest absolute Gasteiger partial charge is 0.0946 e. The van der Waals surface area contributed by atoms with Crippen molar-refractivity contribution in [3.05, 3.63) is 59.6 Å². The first kappa shape index (κ1) is 18.2. The molecule has 0 amide bonds. The Balaban J connectivity index is 1.90. The number of aromatic nitrogens is 2. The van der Waals surface area contributed by atoms with Crippen molar-refractivity contribution >= 4 is 29.4 Å². The van der Waals surface area contributed by atoms with E-state index in [4.69, 9.17) is 11.6 Å². The first-order chi connectivity index (χ1) is 11.3. The van der Waals surface area contributed by atoms with Gasteiger partial charge in [0.15, 0.2) is 0 Å². The van der Waals surface area contributed by atoms with Gasteiger partial charge in [-0.15, -0.1) is 0 Å². The van der Waals surface area contributed by atoms with E-state index in [9.17, 15) is 0 Å². The molecule has 23 heavy (non-hydrogen) atoms. The van der Waals surface area contributed by atoms with E-state index < -0.39 is 0 Å². The predicted octanol–water partition coefficient (Wildman–Crippen LogP) is 5.93. The number of imidazole rings is 1. The Morgan fingerprint density at radius 3 is 2.74 bits per heavy atom. The molecule has 0 saturated heterocycles. The highest BCUT2D eigenvalue weighted by atomic mass is 35.5. The number of hydrogen-bond acceptors (Lipinski definition) is 2. The third-order valence-electron chi connectivity index (χ3n) is 3.65. The lowest BCUT2D eigenvalue weighted by Crippen LogP contribution is -2.10. The van der Waals surface area contributed by atoms with Crippen LogP contribution in [-0.4, -0.2) is 20.6 Å². The summed E-state index contributed by atoms with van der Waals surface area (Å²) in [6.45, 7) is 3.21. The van der Waals surface area contributed by atoms with Crippen LogP contribution in [0, 0.1) is 0 Å². The summed E-state index contributed by atoms with van der Waals surface area (Å²) in [5.41, 5.74) is 1.19. The summed E-state index contributed by atoms with van der Waals surface area (Å²) in [4.78, 5) is 4.14. The average molecular weight is 349 g/mol. The SMILES string of the molecule is CCCCCCSC(C=Cc1ccc(Cl)cc1)Cn1ccnc1. The fourth-order valence-corrected chi connectivity index (χ4v) is 3.59. The molecule has 1 atom stereocenters. The summed E-state index contributed by atoms with van der Waals surface area (Å²) in [5, 5.41) is 1.24. The number of nitrogens with zero attached hydrogens (tertiary/aromatic N) is 2. The second kappa shape index (κ2) is 10.6. The van der Waals surface area contributed by atoms with Crippen LogP contribution in [0.2, 0.25) is 5.02 Å². The molecule has 0 aliphatic rings. The molecular formula is C19H25ClN2S. The maximum absolute atomic E-state index is 5.94. The molecule has 0 spiro atoms. The lowest BCUT2D eigenvalue weighted by atomic mass is 10.2. The van der Waals surface area contributed by atoms with Crippen LogP contribution >= 0.6 is 23.4 Å². The van der Waals surface area contributed by atoms with E-state index >= 15 is 0 Å². The van der Waals surface area contributed by atoms with E-state index in [0.29, 0.717) is 5.25 Å². The Hall–Kier alpha value is -1.19. The molecule has 1 aromatic carbocycles. The van der Waals surface area contributed by atoms with Gasteiger partial charge in [0.2, 0.25) is 0 Å². The van der Waals surface area contributed by atoms with Crippen LogP contribution in [0.15, 0.2) is 49.1 Å². The Bertz CT molecular complexity index is 564. The standard InChI is InChI=1S/C19H25ClN2S/c1-2-3-4-5-14-23-19(15-22-13-12-21-16-22)11-8-17-6-9-18(20)10-7-17/h6-13,16,19H,2-5,14-15H2,1H3. The third kappa shape index (κ3) is 7.28. The molecule has 1 unspecified atom stereocenters. The number of halogens is 1. The van der Waals surface area contributed by atoms with Crippen molar-refractivity contribution < 1.29 is 0 Å². The largest absolute Gasteiger partial charge is 0.336 e. The minimum absolute atomic E-state index is 0.460. The highest BCUT2D eigenvalue weighted by Crippen LogP contribution is 2.19. The number of benzene rings is 1. The van der Waals surface area contributed by atoms with Gasteiger partial charge in [-0.3, -0.25) is 0 Å². The van der Waals surface area contributed by atoms with E-state index in [2.05, 4.69) is 40.8 Å². The minimum Gasteiger partial charge on any atom is -0.336 e. The molecule has 0 aliphatic heterocycles. The molecule has 124 valence electrons. The molecule has 0 fully saturated rings. The number of hydrogen-bond donors (Lipinski definition) is 0. The van der Waals surface area contributed by atoms with Crippen molar-refractivity contribution in [3.8, 4) is 0 Å². The fourth-order valence-electron chi connectivity index (χ4n) is 2.33. The van der Waals surface area contributed by atoms with Crippen LogP contribution in [0.3, 0.4) is 0 Å². The zero-order valence-electron chi connectivity index (χ0n) is 13.7. The molecule has 0 bridgehead atoms. The highest BCUT2D eigenvalue weighted by molar-refractivity contribution is 8.00. The van der Waals surface area contributed by atoms with E-state index in [0.717, 1.165) is 11.6 Å². The van der Waals surface area contributed by atoms with Crippen molar-refractivity contribution in [2.75, 3.05) is 5.75 Å². The fraction of sp³-hybridized carbons (Fsp3) is 0.421. The van der Waals surface area contributed by atoms with Crippen molar-refractivity contribution in [1.82, 2.24) is 9.55 Å². The zero-order valence-corrected chi connectivity index (χ0v) is 15.3. The molecule has 0 radical (unpaired) electrons. The second-order valence-corrected chi connectivity index (χ2v) is 7.42. The second-order valence-electron chi connectivity index (χ2n) is 5.64. The summed E-state index contributed by atoms with van der Waals surface area (Å²) in [6, 6.07) is 7.98. The van der Waals surface area contributed by atoms with Crippen LogP contribution in [0.4, 0.5) is 0 Å². The average Bonchev–Trinajstić information content (AvgIpc) is 3.06. The summed E-state index contributed by atoms with van der Waals surface area (Å²) in [6.07, 6.45) is 15.5. The normalized spacial score (nSPS) is 12.8. The first-order valence-electron chi connectivity index (χ1n) is 8.29. The van der Waals surface area contributed by atoms with Gasteiger partial charge in [0.05, 0.1) is 6.33 Å². The van der Waals surface area contributed by atoms with Gasteiger partial charge >= 0.3 is 0 Å². The molecule has 2 rings (SSSR count). The lowest BCUT2D eigenvalue weighted by Gasteiger charge is -2.13. The molecule has 2 nitrogen and oxygen atoms in total. The molecule has 1 heterocycles. The van der Waals surface area contributed by atoms with Crippen LogP contribution in [-0.2, 0) is 6.54 Å². The van der Waals surface area contributed by atoms with Crippen LogP contribution in [0.5, 0.6) is 0 Å². The molecule has 0 saturated carbocycles. The van der Waals surface area contributed by atoms with Gasteiger partial charge in [-0.1, -0.05) is 62.1 Å². The summed E-state index contributed by atoms with van der Waals surface area (Å²) in [5.74, 6) is 1.21. The van der Waals surface area contributed by atoms with Gasteiger partial charge in [0, 0.05) is 29.2 Å². The van der Waals surface area contributed by atoms with Gasteiger partial charge < -0.3 is 4.57 Å². The maximum atomic E-state index is 5.94. The van der Waals surface area contributed by atoms with Gasteiger partial charge in [-0.05, 0) is 29.9 Å². The number of unbranched alkanes of at least 4 members (excludes halogenated alkanes) is 3. The number of rotatable bonds is 10. The van der Waals surface area contributed by atoms with Crippen LogP contribution < -0.4 is 0 Å². The summed E-state index contributed by atoms with van der Waals surface area (Å²) < 4.78 is 2.15. The summed E-state index contributed by atoms with van der Waals surface area (Å²) in [7, 11) is 0. The third-order valence-corrected chi connectivity index (χ3v) is 5.16. The van der Waals surface area contributed by atoms with E-state index in [1.165, 1.54) is 37.0 Å². The quantitative estimate of drug-likeness (QED) is 0.495. The topological polar surface area (TPSA) is 17.8 Å². The van der Waals surface area contributed by atoms with Gasteiger partial charge in [0.25, 0.3) is 0 Å². The van der Waals surface area contributed by atoms with Crippen LogP contribution in [0.25, 0.3) is 6.08 Å². The lowest BCUT2D eigenvalue weighted by molar-refractivity contribution is 0.700. The van der Waals surface area contributed by atoms with Crippen molar-refractivity contribution in [3.63, 3.8) is 0 Å². The summed E-state index contributed by atoms with van der Waals surface area (Å²) >= 11 is 7.97. The zero-order chi connectivity index (χ0) is 16.3. The van der Waals surface area contributed by atoms with Gasteiger partial charge in [-0.2, -0.15) is 11.8 Å². The molecule has 1 aromatic heterocycles. The Morgan fingerprint density at radius 2 is 2.04 bits per heavy atom. The Labute approximate surface area is 149 Å². The van der Waals surface area contributed by atoms with E-state index in [1.54, 1.807) is 0 Å². The maximum Gasteiger partial charge on any atom is 0.0946 e. The Morgan fingerprint density at radius 1 is 1.22 bits per heavy atom. The molecule has 0 aliphatic carbocycles. The van der Waals surface area contributed by atoms with E-state index in [1.807, 2.05) is 42.6 Å². The van der Waals surface area contributed by atoms with Crippen molar-refractivity contribution in [1.29, 1.82) is 0 Å². The van der Waals surface area contributed by atoms with Crippen LogP contribution in [0.1, 0.15) is 38.2 Å². The minimum atomic E-state index is 0.460. The van der Waals surface area contributed by atoms with Crippen molar-refractivity contribution in [2.45, 2.75) is 44.4 Å². The van der Waals surface area contributed by atoms with Crippen molar-refractivity contribution in [2.24, 2.45) is 0 Å².